The Morgan fingerprint density at radius 1 is 1.35 bits per heavy atom. The maximum Gasteiger partial charge on any atom is 0.251 e. The van der Waals surface area contributed by atoms with Crippen LogP contribution in [0.1, 0.15) is 47.2 Å². The fourth-order valence-corrected chi connectivity index (χ4v) is 3.79. The van der Waals surface area contributed by atoms with Crippen molar-refractivity contribution in [3.8, 4) is 11.5 Å². The normalized spacial score (nSPS) is 10.6. The fraction of sp³-hybridized carbons (Fsp3) is 0.474. The summed E-state index contributed by atoms with van der Waals surface area (Å²) in [6.45, 7) is 5.28. The van der Waals surface area contributed by atoms with E-state index in [9.17, 15) is 4.79 Å². The van der Waals surface area contributed by atoms with Gasteiger partial charge in [-0.05, 0) is 60.7 Å². The van der Waals surface area contributed by atoms with Crippen LogP contribution in [-0.2, 0) is 6.42 Å². The molecule has 1 aromatic heterocycles. The van der Waals surface area contributed by atoms with Crippen molar-refractivity contribution in [3.05, 3.63) is 38.3 Å². The summed E-state index contributed by atoms with van der Waals surface area (Å²) >= 11 is 5.16. The Hall–Kier alpha value is -1.60. The molecule has 0 saturated heterocycles. The smallest absolute Gasteiger partial charge is 0.251 e. The van der Waals surface area contributed by atoms with Crippen LogP contribution in [0.3, 0.4) is 0 Å². The number of halogens is 1. The highest BCUT2D eigenvalue weighted by Crippen LogP contribution is 2.36. The molecule has 1 amide bonds. The number of ether oxygens (including phenoxy) is 2. The zero-order valence-corrected chi connectivity index (χ0v) is 17.8. The van der Waals surface area contributed by atoms with Crippen LogP contribution in [-0.4, -0.2) is 31.2 Å². The first kappa shape index (κ1) is 20.7. The highest BCUT2D eigenvalue weighted by molar-refractivity contribution is 9.10. The van der Waals surface area contributed by atoms with E-state index in [1.807, 2.05) is 13.8 Å². The summed E-state index contributed by atoms with van der Waals surface area (Å²) in [5.74, 6) is 1.07. The minimum Gasteiger partial charge on any atom is -0.493 e. The Kier molecular flexibility index (Phi) is 8.38. The topological polar surface area (TPSA) is 60.5 Å². The third-order valence-electron chi connectivity index (χ3n) is 3.71. The second-order valence-electron chi connectivity index (χ2n) is 5.93. The van der Waals surface area contributed by atoms with Crippen LogP contribution in [0.2, 0.25) is 0 Å². The SMILES string of the molecule is CCCOc1c(Br)cc(C(=O)NCCCCc2nc(C)cs2)cc1OC. The lowest BCUT2D eigenvalue weighted by Crippen LogP contribution is -2.24. The molecule has 0 unspecified atom stereocenters. The number of thiazole rings is 1. The van der Waals surface area contributed by atoms with Gasteiger partial charge >= 0.3 is 0 Å². The molecule has 2 rings (SSSR count). The fourth-order valence-electron chi connectivity index (χ4n) is 2.42. The van der Waals surface area contributed by atoms with Gasteiger partial charge in [0.05, 0.1) is 23.2 Å². The third-order valence-corrected chi connectivity index (χ3v) is 5.33. The molecule has 0 aliphatic carbocycles. The predicted molar refractivity (Wildman–Crippen MR) is 109 cm³/mol. The Balaban J connectivity index is 1.85. The molecular weight excluding hydrogens is 416 g/mol. The van der Waals surface area contributed by atoms with Gasteiger partial charge in [0.15, 0.2) is 11.5 Å². The van der Waals surface area contributed by atoms with Gasteiger partial charge in [-0.3, -0.25) is 4.79 Å². The number of hydrogen-bond acceptors (Lipinski definition) is 5. The van der Waals surface area contributed by atoms with Crippen LogP contribution in [0.15, 0.2) is 22.0 Å². The summed E-state index contributed by atoms with van der Waals surface area (Å²) in [4.78, 5) is 16.8. The number of unbranched alkanes of at least 4 members (excludes halogenated alkanes) is 1. The lowest BCUT2D eigenvalue weighted by atomic mass is 10.1. The van der Waals surface area contributed by atoms with Crippen LogP contribution in [0, 0.1) is 6.92 Å². The Morgan fingerprint density at radius 3 is 2.81 bits per heavy atom. The van der Waals surface area contributed by atoms with E-state index in [1.54, 1.807) is 30.6 Å². The first-order chi connectivity index (χ1) is 12.5. The minimum atomic E-state index is -0.115. The molecule has 0 fully saturated rings. The number of nitrogens with one attached hydrogen (secondary N) is 1. The molecule has 142 valence electrons. The summed E-state index contributed by atoms with van der Waals surface area (Å²) in [6.07, 6.45) is 3.78. The zero-order valence-electron chi connectivity index (χ0n) is 15.4. The Labute approximate surface area is 167 Å². The van der Waals surface area contributed by atoms with Crippen molar-refractivity contribution >= 4 is 33.2 Å². The van der Waals surface area contributed by atoms with E-state index in [0.29, 0.717) is 30.2 Å². The van der Waals surface area contributed by atoms with Gasteiger partial charge < -0.3 is 14.8 Å². The summed E-state index contributed by atoms with van der Waals surface area (Å²) in [7, 11) is 1.57. The molecule has 0 spiro atoms. The van der Waals surface area contributed by atoms with Gasteiger partial charge in [-0.1, -0.05) is 6.92 Å². The van der Waals surface area contributed by atoms with E-state index in [1.165, 1.54) is 0 Å². The summed E-state index contributed by atoms with van der Waals surface area (Å²) in [5.41, 5.74) is 1.62. The van der Waals surface area contributed by atoms with E-state index in [-0.39, 0.29) is 5.91 Å². The van der Waals surface area contributed by atoms with Crippen molar-refractivity contribution in [2.75, 3.05) is 20.3 Å². The molecule has 26 heavy (non-hydrogen) atoms. The van der Waals surface area contributed by atoms with Gasteiger partial charge in [0.25, 0.3) is 5.91 Å². The van der Waals surface area contributed by atoms with E-state index in [4.69, 9.17) is 9.47 Å². The molecule has 5 nitrogen and oxygen atoms in total. The number of rotatable bonds is 10. The molecule has 0 saturated carbocycles. The first-order valence-electron chi connectivity index (χ1n) is 8.74. The highest BCUT2D eigenvalue weighted by Gasteiger charge is 2.15. The molecule has 0 aliphatic rings. The monoisotopic (exact) mass is 440 g/mol. The molecular formula is C19H25BrN2O3S. The van der Waals surface area contributed by atoms with E-state index in [0.717, 1.165) is 40.9 Å². The number of amides is 1. The molecule has 1 N–H and O–H groups in total. The van der Waals surface area contributed by atoms with E-state index in [2.05, 4.69) is 31.6 Å². The molecule has 7 heteroatoms. The number of nitrogens with zero attached hydrogens (tertiary/aromatic N) is 1. The number of aryl methyl sites for hydroxylation is 2. The van der Waals surface area contributed by atoms with Crippen molar-refractivity contribution in [2.45, 2.75) is 39.5 Å². The highest BCUT2D eigenvalue weighted by atomic mass is 79.9. The number of methoxy groups -OCH3 is 1. The van der Waals surface area contributed by atoms with Crippen LogP contribution in [0.25, 0.3) is 0 Å². The maximum atomic E-state index is 12.4. The quantitative estimate of drug-likeness (QED) is 0.540. The van der Waals surface area contributed by atoms with Gasteiger partial charge in [-0.2, -0.15) is 0 Å². The lowest BCUT2D eigenvalue weighted by molar-refractivity contribution is 0.0952. The number of benzene rings is 1. The van der Waals surface area contributed by atoms with Crippen molar-refractivity contribution < 1.29 is 14.3 Å². The summed E-state index contributed by atoms with van der Waals surface area (Å²) in [6, 6.07) is 3.48. The number of carbonyl (C=O) groups is 1. The van der Waals surface area contributed by atoms with Crippen molar-refractivity contribution in [1.82, 2.24) is 10.3 Å². The van der Waals surface area contributed by atoms with Gasteiger partial charge in [0, 0.05) is 23.2 Å². The standard InChI is InChI=1S/C19H25BrN2O3S/c1-4-9-25-18-15(20)10-14(11-16(18)24-3)19(23)21-8-6-5-7-17-22-13(2)12-26-17/h10-12H,4-9H2,1-3H3,(H,21,23). The number of carbonyl (C=O) groups excluding carboxylic acids is 1. The van der Waals surface area contributed by atoms with Crippen LogP contribution < -0.4 is 14.8 Å². The molecule has 0 aliphatic heterocycles. The average molecular weight is 441 g/mol. The molecule has 0 radical (unpaired) electrons. The predicted octanol–water partition coefficient (Wildman–Crippen LogP) is 4.76. The second-order valence-corrected chi connectivity index (χ2v) is 7.73. The minimum absolute atomic E-state index is 0.115. The molecule has 1 aromatic carbocycles. The lowest BCUT2D eigenvalue weighted by Gasteiger charge is -2.14. The van der Waals surface area contributed by atoms with Crippen molar-refractivity contribution in [2.24, 2.45) is 0 Å². The number of aromatic nitrogens is 1. The van der Waals surface area contributed by atoms with Crippen LogP contribution >= 0.6 is 27.3 Å². The van der Waals surface area contributed by atoms with Crippen molar-refractivity contribution in [3.63, 3.8) is 0 Å². The summed E-state index contributed by atoms with van der Waals surface area (Å²) in [5, 5.41) is 6.18. The van der Waals surface area contributed by atoms with Crippen LogP contribution in [0.4, 0.5) is 0 Å². The van der Waals surface area contributed by atoms with Gasteiger partial charge in [-0.25, -0.2) is 4.98 Å². The second kappa shape index (κ2) is 10.5. The van der Waals surface area contributed by atoms with E-state index < -0.39 is 0 Å². The molecule has 0 atom stereocenters. The molecule has 1 heterocycles. The Bertz CT molecular complexity index is 734. The maximum absolute atomic E-state index is 12.4. The average Bonchev–Trinajstić information content (AvgIpc) is 3.04. The molecule has 2 aromatic rings. The number of hydrogen-bond donors (Lipinski definition) is 1. The van der Waals surface area contributed by atoms with Gasteiger partial charge in [-0.15, -0.1) is 11.3 Å². The van der Waals surface area contributed by atoms with Gasteiger partial charge in [0.2, 0.25) is 0 Å². The molecule has 0 bridgehead atoms. The van der Waals surface area contributed by atoms with E-state index >= 15 is 0 Å². The Morgan fingerprint density at radius 2 is 2.15 bits per heavy atom. The third kappa shape index (κ3) is 5.99. The van der Waals surface area contributed by atoms with Gasteiger partial charge in [0.1, 0.15) is 0 Å². The first-order valence-corrected chi connectivity index (χ1v) is 10.4. The summed E-state index contributed by atoms with van der Waals surface area (Å²) < 4.78 is 11.8. The van der Waals surface area contributed by atoms with Crippen molar-refractivity contribution in [1.29, 1.82) is 0 Å². The largest absolute Gasteiger partial charge is 0.493 e. The zero-order chi connectivity index (χ0) is 18.9. The van der Waals surface area contributed by atoms with Crippen LogP contribution in [0.5, 0.6) is 11.5 Å².